The molecule has 0 spiro atoms. The summed E-state index contributed by atoms with van der Waals surface area (Å²) in [4.78, 5) is 0. The van der Waals surface area contributed by atoms with E-state index in [1.165, 1.54) is 0 Å². The standard InChI is InChI=1S/C17H14F2N2O/c18-14-6-11(8-20)7-15(19)17(14)21-9-12-5-13-3-1-2-4-16(13)22-10-12/h1-4,6-7,12,21H,5,9-10H2. The highest BCUT2D eigenvalue weighted by atomic mass is 19.1. The Bertz CT molecular complexity index is 717. The molecule has 0 saturated carbocycles. The van der Waals surface area contributed by atoms with E-state index >= 15 is 0 Å². The summed E-state index contributed by atoms with van der Waals surface area (Å²) in [6.07, 6.45) is 0.794. The summed E-state index contributed by atoms with van der Waals surface area (Å²) >= 11 is 0. The van der Waals surface area contributed by atoms with Crippen molar-refractivity contribution in [3.8, 4) is 11.8 Å². The maximum Gasteiger partial charge on any atom is 0.150 e. The van der Waals surface area contributed by atoms with Crippen LogP contribution >= 0.6 is 0 Å². The van der Waals surface area contributed by atoms with Gasteiger partial charge in [-0.2, -0.15) is 5.26 Å². The number of ether oxygens (including phenoxy) is 1. The highest BCUT2D eigenvalue weighted by Gasteiger charge is 2.20. The molecule has 1 aliphatic rings. The lowest BCUT2D eigenvalue weighted by Gasteiger charge is -2.25. The van der Waals surface area contributed by atoms with E-state index < -0.39 is 11.6 Å². The third-order valence-electron chi connectivity index (χ3n) is 3.69. The van der Waals surface area contributed by atoms with E-state index in [0.29, 0.717) is 13.2 Å². The average Bonchev–Trinajstić information content (AvgIpc) is 2.53. The summed E-state index contributed by atoms with van der Waals surface area (Å²) < 4.78 is 33.3. The Kier molecular flexibility index (Phi) is 3.92. The Morgan fingerprint density at radius 1 is 1.23 bits per heavy atom. The van der Waals surface area contributed by atoms with Gasteiger partial charge in [-0.1, -0.05) is 18.2 Å². The Morgan fingerprint density at radius 2 is 1.95 bits per heavy atom. The number of hydrogen-bond acceptors (Lipinski definition) is 3. The maximum absolute atomic E-state index is 13.8. The molecule has 5 heteroatoms. The molecule has 1 N–H and O–H groups in total. The third-order valence-corrected chi connectivity index (χ3v) is 3.69. The number of nitrogens with zero attached hydrogens (tertiary/aromatic N) is 1. The zero-order valence-electron chi connectivity index (χ0n) is 11.8. The van der Waals surface area contributed by atoms with Gasteiger partial charge >= 0.3 is 0 Å². The minimum atomic E-state index is -0.756. The summed E-state index contributed by atoms with van der Waals surface area (Å²) in [6, 6.07) is 11.5. The number of nitriles is 1. The maximum atomic E-state index is 13.8. The zero-order valence-corrected chi connectivity index (χ0v) is 11.8. The molecule has 1 unspecified atom stereocenters. The predicted molar refractivity (Wildman–Crippen MR) is 78.7 cm³/mol. The van der Waals surface area contributed by atoms with E-state index in [2.05, 4.69) is 5.32 Å². The van der Waals surface area contributed by atoms with Crippen LogP contribution < -0.4 is 10.1 Å². The van der Waals surface area contributed by atoms with E-state index in [1.807, 2.05) is 24.3 Å². The second-order valence-electron chi connectivity index (χ2n) is 5.30. The van der Waals surface area contributed by atoms with Crippen LogP contribution in [0.15, 0.2) is 36.4 Å². The van der Waals surface area contributed by atoms with Gasteiger partial charge in [0, 0.05) is 12.5 Å². The molecule has 1 aliphatic heterocycles. The van der Waals surface area contributed by atoms with Crippen LogP contribution in [0.2, 0.25) is 0 Å². The first-order chi connectivity index (χ1) is 10.7. The largest absolute Gasteiger partial charge is 0.493 e. The molecule has 112 valence electrons. The topological polar surface area (TPSA) is 45.0 Å². The smallest absolute Gasteiger partial charge is 0.150 e. The molecule has 0 radical (unpaired) electrons. The first-order valence-electron chi connectivity index (χ1n) is 7.01. The van der Waals surface area contributed by atoms with Gasteiger partial charge in [-0.05, 0) is 30.2 Å². The molecule has 0 fully saturated rings. The van der Waals surface area contributed by atoms with E-state index in [-0.39, 0.29) is 17.2 Å². The van der Waals surface area contributed by atoms with Crippen molar-refractivity contribution in [2.45, 2.75) is 6.42 Å². The van der Waals surface area contributed by atoms with E-state index in [0.717, 1.165) is 29.9 Å². The zero-order chi connectivity index (χ0) is 15.5. The highest BCUT2D eigenvalue weighted by molar-refractivity contribution is 5.50. The lowest BCUT2D eigenvalue weighted by atomic mass is 9.96. The monoisotopic (exact) mass is 300 g/mol. The molecule has 0 saturated heterocycles. The number of hydrogen-bond donors (Lipinski definition) is 1. The predicted octanol–water partition coefficient (Wildman–Crippen LogP) is 3.50. The molecule has 3 rings (SSSR count). The van der Waals surface area contributed by atoms with Crippen molar-refractivity contribution in [1.29, 1.82) is 5.26 Å². The van der Waals surface area contributed by atoms with Gasteiger partial charge in [-0.15, -0.1) is 0 Å². The first kappa shape index (κ1) is 14.3. The number of benzene rings is 2. The second-order valence-corrected chi connectivity index (χ2v) is 5.30. The van der Waals surface area contributed by atoms with Crippen molar-refractivity contribution in [3.05, 3.63) is 59.2 Å². The number of para-hydroxylation sites is 1. The lowest BCUT2D eigenvalue weighted by molar-refractivity contribution is 0.229. The van der Waals surface area contributed by atoms with Crippen LogP contribution in [0.3, 0.4) is 0 Å². The molecule has 0 bridgehead atoms. The van der Waals surface area contributed by atoms with Gasteiger partial charge in [0.2, 0.25) is 0 Å². The normalized spacial score (nSPS) is 16.3. The summed E-state index contributed by atoms with van der Waals surface area (Å²) in [6.45, 7) is 0.900. The third kappa shape index (κ3) is 2.86. The number of nitrogens with one attached hydrogen (secondary N) is 1. The molecule has 1 atom stereocenters. The van der Waals surface area contributed by atoms with Crippen molar-refractivity contribution in [3.63, 3.8) is 0 Å². The van der Waals surface area contributed by atoms with Crippen molar-refractivity contribution in [2.24, 2.45) is 5.92 Å². The summed E-state index contributed by atoms with van der Waals surface area (Å²) in [5.41, 5.74) is 0.870. The number of fused-ring (bicyclic) bond motifs is 1. The molecule has 2 aromatic carbocycles. The van der Waals surface area contributed by atoms with Crippen molar-refractivity contribution >= 4 is 5.69 Å². The van der Waals surface area contributed by atoms with Gasteiger partial charge in [0.1, 0.15) is 11.4 Å². The van der Waals surface area contributed by atoms with Crippen molar-refractivity contribution in [1.82, 2.24) is 0 Å². The van der Waals surface area contributed by atoms with E-state index in [1.54, 1.807) is 6.07 Å². The van der Waals surface area contributed by atoms with Gasteiger partial charge in [-0.25, -0.2) is 8.78 Å². The fraction of sp³-hybridized carbons (Fsp3) is 0.235. The molecular formula is C17H14F2N2O. The Hall–Kier alpha value is -2.61. The second kappa shape index (κ2) is 6.02. The van der Waals surface area contributed by atoms with Gasteiger partial charge in [0.25, 0.3) is 0 Å². The number of rotatable bonds is 3. The Labute approximate surface area is 127 Å². The van der Waals surface area contributed by atoms with Crippen LogP contribution in [0.1, 0.15) is 11.1 Å². The van der Waals surface area contributed by atoms with Crippen LogP contribution in [-0.2, 0) is 6.42 Å². The first-order valence-corrected chi connectivity index (χ1v) is 7.01. The molecule has 0 aliphatic carbocycles. The lowest BCUT2D eigenvalue weighted by Crippen LogP contribution is -2.27. The molecule has 1 heterocycles. The van der Waals surface area contributed by atoms with Crippen LogP contribution in [0, 0.1) is 28.9 Å². The van der Waals surface area contributed by atoms with Crippen molar-refractivity contribution in [2.75, 3.05) is 18.5 Å². The average molecular weight is 300 g/mol. The van der Waals surface area contributed by atoms with Crippen LogP contribution in [0.4, 0.5) is 14.5 Å². The molecule has 0 amide bonds. The number of anilines is 1. The molecule has 2 aromatic rings. The SMILES string of the molecule is N#Cc1cc(F)c(NCC2COc3ccccc3C2)c(F)c1. The Balaban J connectivity index is 1.68. The minimum Gasteiger partial charge on any atom is -0.493 e. The van der Waals surface area contributed by atoms with Crippen LogP contribution in [0.25, 0.3) is 0 Å². The summed E-state index contributed by atoms with van der Waals surface area (Å²) in [5, 5.41) is 11.5. The fourth-order valence-electron chi connectivity index (χ4n) is 2.57. The Morgan fingerprint density at radius 3 is 2.68 bits per heavy atom. The fourth-order valence-corrected chi connectivity index (χ4v) is 2.57. The van der Waals surface area contributed by atoms with E-state index in [9.17, 15) is 8.78 Å². The molecular weight excluding hydrogens is 286 g/mol. The van der Waals surface area contributed by atoms with E-state index in [4.69, 9.17) is 10.00 Å². The summed E-state index contributed by atoms with van der Waals surface area (Å²) in [5.74, 6) is -0.513. The minimum absolute atomic E-state index is 0.0320. The highest BCUT2D eigenvalue weighted by Crippen LogP contribution is 2.27. The van der Waals surface area contributed by atoms with Crippen LogP contribution in [-0.4, -0.2) is 13.2 Å². The van der Waals surface area contributed by atoms with Crippen LogP contribution in [0.5, 0.6) is 5.75 Å². The van der Waals surface area contributed by atoms with Gasteiger partial charge in [0.05, 0.1) is 18.2 Å². The quantitative estimate of drug-likeness (QED) is 0.943. The van der Waals surface area contributed by atoms with Gasteiger partial charge in [-0.3, -0.25) is 0 Å². The molecule has 3 nitrogen and oxygen atoms in total. The number of halogens is 2. The van der Waals surface area contributed by atoms with Gasteiger partial charge in [0.15, 0.2) is 11.6 Å². The molecule has 0 aromatic heterocycles. The van der Waals surface area contributed by atoms with Crippen molar-refractivity contribution < 1.29 is 13.5 Å². The summed E-state index contributed by atoms with van der Waals surface area (Å²) in [7, 11) is 0. The molecule has 22 heavy (non-hydrogen) atoms. The van der Waals surface area contributed by atoms with Gasteiger partial charge < -0.3 is 10.1 Å².